The van der Waals surface area contributed by atoms with Gasteiger partial charge in [-0.1, -0.05) is 42.0 Å². The summed E-state index contributed by atoms with van der Waals surface area (Å²) in [7, 11) is 1.27. The van der Waals surface area contributed by atoms with Gasteiger partial charge in [-0.15, -0.1) is 0 Å². The zero-order chi connectivity index (χ0) is 23.1. The number of ether oxygens (including phenoxy) is 2. The molecule has 0 unspecified atom stereocenters. The Balaban J connectivity index is 1.55. The number of nitrogens with one attached hydrogen (secondary N) is 1. The number of hydrogen-bond donors (Lipinski definition) is 2. The maximum atomic E-state index is 12.0. The number of hydrazone groups is 1. The lowest BCUT2D eigenvalue weighted by Crippen LogP contribution is -2.24. The molecule has 3 aromatic rings. The smallest absolute Gasteiger partial charge is 0.315 e. The van der Waals surface area contributed by atoms with Crippen LogP contribution in [0.4, 0.5) is 5.69 Å². The molecule has 0 heterocycles. The predicted molar refractivity (Wildman–Crippen MR) is 119 cm³/mol. The van der Waals surface area contributed by atoms with Crippen molar-refractivity contribution in [1.82, 2.24) is 5.43 Å². The molecule has 0 aliphatic rings. The molecular formula is C23H21N3O6. The number of carbonyl (C=O) groups excluding carboxylic acids is 1. The lowest BCUT2D eigenvalue weighted by atomic mass is 10.0. The molecule has 0 spiro atoms. The van der Waals surface area contributed by atoms with E-state index in [4.69, 9.17) is 9.47 Å². The summed E-state index contributed by atoms with van der Waals surface area (Å²) < 4.78 is 10.4. The SMILES string of the molecule is COc1cc(/C=N/NC(=O)COc2ccc(-c3ccc(C)cc3)cc2)cc([N+](=O)[O-])c1O. The van der Waals surface area contributed by atoms with Gasteiger partial charge in [0, 0.05) is 11.6 Å². The van der Waals surface area contributed by atoms with Crippen molar-refractivity contribution < 1.29 is 24.3 Å². The molecule has 3 rings (SSSR count). The van der Waals surface area contributed by atoms with Crippen LogP contribution in [0.2, 0.25) is 0 Å². The van der Waals surface area contributed by atoms with Crippen LogP contribution in [-0.2, 0) is 4.79 Å². The third-order valence-corrected chi connectivity index (χ3v) is 4.51. The van der Waals surface area contributed by atoms with Crippen molar-refractivity contribution in [2.24, 2.45) is 5.10 Å². The summed E-state index contributed by atoms with van der Waals surface area (Å²) >= 11 is 0. The van der Waals surface area contributed by atoms with E-state index < -0.39 is 22.3 Å². The van der Waals surface area contributed by atoms with E-state index in [9.17, 15) is 20.0 Å². The topological polar surface area (TPSA) is 123 Å². The van der Waals surface area contributed by atoms with Crippen molar-refractivity contribution in [2.45, 2.75) is 6.92 Å². The van der Waals surface area contributed by atoms with E-state index in [-0.39, 0.29) is 17.9 Å². The first-order chi connectivity index (χ1) is 15.4. The highest BCUT2D eigenvalue weighted by atomic mass is 16.6. The number of phenolic OH excluding ortho intramolecular Hbond substituents is 1. The largest absolute Gasteiger partial charge is 0.500 e. The number of phenols is 1. The molecule has 2 N–H and O–H groups in total. The zero-order valence-corrected chi connectivity index (χ0v) is 17.4. The van der Waals surface area contributed by atoms with Gasteiger partial charge >= 0.3 is 5.69 Å². The van der Waals surface area contributed by atoms with Gasteiger partial charge in [0.25, 0.3) is 5.91 Å². The zero-order valence-electron chi connectivity index (χ0n) is 17.4. The number of nitro groups is 1. The van der Waals surface area contributed by atoms with Crippen LogP contribution < -0.4 is 14.9 Å². The first kappa shape index (κ1) is 22.3. The molecule has 9 nitrogen and oxygen atoms in total. The molecule has 164 valence electrons. The number of benzene rings is 3. The van der Waals surface area contributed by atoms with Crippen molar-refractivity contribution in [3.8, 4) is 28.4 Å². The van der Waals surface area contributed by atoms with Crippen molar-refractivity contribution >= 4 is 17.8 Å². The van der Waals surface area contributed by atoms with Crippen LogP contribution >= 0.6 is 0 Å². The molecule has 0 aliphatic heterocycles. The van der Waals surface area contributed by atoms with E-state index in [1.54, 1.807) is 12.1 Å². The van der Waals surface area contributed by atoms with Crippen molar-refractivity contribution in [1.29, 1.82) is 0 Å². The van der Waals surface area contributed by atoms with Crippen LogP contribution in [-0.4, -0.2) is 35.9 Å². The summed E-state index contributed by atoms with van der Waals surface area (Å²) in [6.07, 6.45) is 1.20. The molecule has 1 amide bonds. The number of methoxy groups -OCH3 is 1. The van der Waals surface area contributed by atoms with Crippen LogP contribution in [0.1, 0.15) is 11.1 Å². The number of carbonyl (C=O) groups is 1. The van der Waals surface area contributed by atoms with Gasteiger partial charge in [-0.3, -0.25) is 14.9 Å². The number of nitrogens with zero attached hydrogens (tertiary/aromatic N) is 2. The standard InChI is InChI=1S/C23H21N3O6/c1-15-3-5-17(6-4-15)18-7-9-19(10-8-18)32-14-22(27)25-24-13-16-11-20(26(29)30)23(28)21(12-16)31-2/h3-13,28H,14H2,1-2H3,(H,25,27)/b24-13+. The van der Waals surface area contributed by atoms with Gasteiger partial charge in [0.05, 0.1) is 18.2 Å². The number of rotatable bonds is 8. The molecule has 0 aromatic heterocycles. The molecule has 0 saturated heterocycles. The number of amides is 1. The summed E-state index contributed by atoms with van der Waals surface area (Å²) in [6, 6.07) is 18.0. The Labute approximate surface area is 184 Å². The van der Waals surface area contributed by atoms with Gasteiger partial charge in [0.1, 0.15) is 5.75 Å². The molecule has 32 heavy (non-hydrogen) atoms. The molecule has 0 radical (unpaired) electrons. The average molecular weight is 435 g/mol. The monoisotopic (exact) mass is 435 g/mol. The summed E-state index contributed by atoms with van der Waals surface area (Å²) in [5.74, 6) is -0.645. The van der Waals surface area contributed by atoms with Crippen LogP contribution in [0.5, 0.6) is 17.2 Å². The second-order valence-electron chi connectivity index (χ2n) is 6.82. The molecule has 9 heteroatoms. The van der Waals surface area contributed by atoms with E-state index in [2.05, 4.69) is 10.5 Å². The van der Waals surface area contributed by atoms with Crippen LogP contribution in [0.3, 0.4) is 0 Å². The molecule has 0 atom stereocenters. The van der Waals surface area contributed by atoms with Crippen molar-refractivity contribution in [3.05, 3.63) is 81.9 Å². The van der Waals surface area contributed by atoms with Crippen LogP contribution in [0.15, 0.2) is 65.8 Å². The van der Waals surface area contributed by atoms with Gasteiger partial charge in [0.15, 0.2) is 12.4 Å². The molecule has 0 saturated carbocycles. The molecule has 3 aromatic carbocycles. The minimum atomic E-state index is -0.744. The highest BCUT2D eigenvalue weighted by molar-refractivity contribution is 5.85. The Morgan fingerprint density at radius 1 is 1.12 bits per heavy atom. The number of aryl methyl sites for hydroxylation is 1. The third-order valence-electron chi connectivity index (χ3n) is 4.51. The highest BCUT2D eigenvalue weighted by Gasteiger charge is 2.19. The maximum absolute atomic E-state index is 12.0. The fraction of sp³-hybridized carbons (Fsp3) is 0.130. The van der Waals surface area contributed by atoms with Gasteiger partial charge < -0.3 is 14.6 Å². The van der Waals surface area contributed by atoms with Gasteiger partial charge in [-0.05, 0) is 36.2 Å². The lowest BCUT2D eigenvalue weighted by molar-refractivity contribution is -0.386. The Bertz CT molecular complexity index is 1140. The van der Waals surface area contributed by atoms with Crippen molar-refractivity contribution in [3.63, 3.8) is 0 Å². The quantitative estimate of drug-likeness (QED) is 0.315. The third kappa shape index (κ3) is 5.60. The first-order valence-electron chi connectivity index (χ1n) is 9.54. The Hall–Kier alpha value is -4.40. The molecule has 0 aliphatic carbocycles. The highest BCUT2D eigenvalue weighted by Crippen LogP contribution is 2.36. The second kappa shape index (κ2) is 10.1. The Kier molecular flexibility index (Phi) is 7.02. The number of nitro benzene ring substituents is 1. The maximum Gasteiger partial charge on any atom is 0.315 e. The summed E-state index contributed by atoms with van der Waals surface area (Å²) in [5.41, 5.74) is 5.31. The fourth-order valence-electron chi connectivity index (χ4n) is 2.83. The molecule has 0 fully saturated rings. The Morgan fingerprint density at radius 2 is 1.75 bits per heavy atom. The van der Waals surface area contributed by atoms with Gasteiger partial charge in [0.2, 0.25) is 5.75 Å². The summed E-state index contributed by atoms with van der Waals surface area (Å²) in [4.78, 5) is 22.2. The average Bonchev–Trinajstić information content (AvgIpc) is 2.79. The summed E-state index contributed by atoms with van der Waals surface area (Å²) in [6.45, 7) is 1.77. The van der Waals surface area contributed by atoms with E-state index in [0.29, 0.717) is 5.75 Å². The van der Waals surface area contributed by atoms with Gasteiger partial charge in [-0.25, -0.2) is 5.43 Å². The van der Waals surface area contributed by atoms with E-state index >= 15 is 0 Å². The summed E-state index contributed by atoms with van der Waals surface area (Å²) in [5, 5.41) is 24.5. The fourth-order valence-corrected chi connectivity index (χ4v) is 2.83. The first-order valence-corrected chi connectivity index (χ1v) is 9.54. The van der Waals surface area contributed by atoms with Gasteiger partial charge in [-0.2, -0.15) is 5.10 Å². The van der Waals surface area contributed by atoms with E-state index in [1.807, 2.05) is 43.3 Å². The van der Waals surface area contributed by atoms with Crippen molar-refractivity contribution in [2.75, 3.05) is 13.7 Å². The Morgan fingerprint density at radius 3 is 2.34 bits per heavy atom. The number of hydrogen-bond acceptors (Lipinski definition) is 7. The second-order valence-corrected chi connectivity index (χ2v) is 6.82. The lowest BCUT2D eigenvalue weighted by Gasteiger charge is -2.07. The molecule has 0 bridgehead atoms. The normalized spacial score (nSPS) is 10.7. The molecular weight excluding hydrogens is 414 g/mol. The van der Waals surface area contributed by atoms with Crippen LogP contribution in [0.25, 0.3) is 11.1 Å². The van der Waals surface area contributed by atoms with Crippen LogP contribution in [0, 0.1) is 17.0 Å². The minimum Gasteiger partial charge on any atom is -0.500 e. The predicted octanol–water partition coefficient (Wildman–Crippen LogP) is 3.81. The number of aromatic hydroxyl groups is 1. The minimum absolute atomic E-state index is 0.0793. The van der Waals surface area contributed by atoms with E-state index in [0.717, 1.165) is 17.2 Å². The van der Waals surface area contributed by atoms with E-state index in [1.165, 1.54) is 25.0 Å².